The average molecular weight is 963 g/mol. The molecule has 3 heterocycles. The maximum absolute atomic E-state index is 9.04. The minimum Gasteiger partial charge on any atom is -0.501 e. The van der Waals surface area contributed by atoms with Gasteiger partial charge in [0.05, 0.1) is 22.4 Å². The molecule has 0 atom stereocenters. The van der Waals surface area contributed by atoms with E-state index in [4.69, 9.17) is 13.5 Å². The summed E-state index contributed by atoms with van der Waals surface area (Å²) in [7, 11) is 0. The summed E-state index contributed by atoms with van der Waals surface area (Å²) in [6, 6.07) is 53.3. The molecular formula is C55H49IrN3O-2. The topological polar surface area (TPSA) is 43.9 Å². The van der Waals surface area contributed by atoms with Gasteiger partial charge in [0, 0.05) is 41.5 Å². The summed E-state index contributed by atoms with van der Waals surface area (Å²) in [5, 5.41) is 2.20. The van der Waals surface area contributed by atoms with E-state index in [0.29, 0.717) is 0 Å². The molecular weight excluding hydrogens is 911 g/mol. The van der Waals surface area contributed by atoms with Crippen molar-refractivity contribution in [2.75, 3.05) is 0 Å². The van der Waals surface area contributed by atoms with E-state index in [9.17, 15) is 0 Å². The van der Waals surface area contributed by atoms with E-state index < -0.39 is 17.7 Å². The van der Waals surface area contributed by atoms with Crippen molar-refractivity contribution in [2.24, 2.45) is 11.8 Å². The summed E-state index contributed by atoms with van der Waals surface area (Å²) >= 11 is 0. The van der Waals surface area contributed by atoms with Gasteiger partial charge in [0.2, 0.25) is 0 Å². The van der Waals surface area contributed by atoms with Gasteiger partial charge in [-0.15, -0.1) is 54.1 Å². The van der Waals surface area contributed by atoms with Crippen LogP contribution in [0, 0.1) is 24.0 Å². The Morgan fingerprint density at radius 1 is 0.700 bits per heavy atom. The number of furan rings is 1. The zero-order valence-electron chi connectivity index (χ0n) is 37.4. The maximum atomic E-state index is 9.04. The zero-order valence-corrected chi connectivity index (χ0v) is 36.8. The normalized spacial score (nSPS) is 19.4. The standard InChI is InChI=1S/C30H24NO.C25H25N2.Ir/c1-2-7-29-25(4-1)26-5-3-6-27(30(26)32-29)28-18-23(12-13-31-28)21-8-10-22(11-9-21)24-16-19-14-20(15-19)17-24;1-17(2)20-13-10-14-21(18(3)4)24(20)27-23-16-9-8-15-22(23)26-25(27)19-11-6-5-7-12-19;/h1-5,7-13,18-20,24H,14-17H2;5-11,13-18H,1-4H3;/q2*-1;/i24D;17D,18D;. The predicted molar refractivity (Wildman–Crippen MR) is 243 cm³/mol. The van der Waals surface area contributed by atoms with Gasteiger partial charge in [-0.2, -0.15) is 0 Å². The van der Waals surface area contributed by atoms with Crippen LogP contribution in [0.1, 0.15) is 91.9 Å². The summed E-state index contributed by atoms with van der Waals surface area (Å²) in [6.07, 6.45) is 6.56. The van der Waals surface area contributed by atoms with Gasteiger partial charge in [0.15, 0.2) is 0 Å². The molecule has 0 spiro atoms. The van der Waals surface area contributed by atoms with E-state index in [1.807, 2.05) is 131 Å². The van der Waals surface area contributed by atoms with Crippen LogP contribution in [0.5, 0.6) is 0 Å². The van der Waals surface area contributed by atoms with Gasteiger partial charge in [-0.3, -0.25) is 4.98 Å². The number of hydrogen-bond donors (Lipinski definition) is 0. The molecule has 9 aromatic rings. The van der Waals surface area contributed by atoms with Crippen molar-refractivity contribution in [3.63, 3.8) is 0 Å². The molecule has 6 aromatic carbocycles. The molecule has 0 amide bonds. The third-order valence-corrected chi connectivity index (χ3v) is 12.2. The SMILES string of the molecule is [2H]C(C)(C)c1cccc(C([2H])(C)C)c1-n1c(-c2[c-]cccc2)nc2ccccc21.[2H]C1(c2ccc(-c3ccnc(-c4[c-]ccc5c4oc4ccccc45)c3)cc2)CC2CC(C2)C1.[Ir]. The van der Waals surface area contributed by atoms with E-state index in [1.54, 1.807) is 0 Å². The fraction of sp³-hybridized carbons (Fsp3) is 0.236. The monoisotopic (exact) mass is 963 g/mol. The van der Waals surface area contributed by atoms with E-state index in [-0.39, 0.29) is 20.1 Å². The molecule has 0 unspecified atom stereocenters. The van der Waals surface area contributed by atoms with Crippen LogP contribution in [0.3, 0.4) is 0 Å². The van der Waals surface area contributed by atoms with Crippen LogP contribution >= 0.6 is 0 Å². The van der Waals surface area contributed by atoms with E-state index in [1.165, 1.54) is 12.8 Å². The van der Waals surface area contributed by atoms with Crippen molar-refractivity contribution in [2.45, 2.75) is 71.1 Å². The second-order valence-corrected chi connectivity index (χ2v) is 16.7. The summed E-state index contributed by atoms with van der Waals surface area (Å²) < 4.78 is 34.9. The second-order valence-electron chi connectivity index (χ2n) is 16.7. The van der Waals surface area contributed by atoms with Crippen LogP contribution in [-0.2, 0) is 20.1 Å². The van der Waals surface area contributed by atoms with Crippen molar-refractivity contribution in [3.05, 3.63) is 175 Å². The summed E-state index contributed by atoms with van der Waals surface area (Å²) in [6.45, 7) is 7.56. The third kappa shape index (κ3) is 7.44. The first-order chi connectivity index (χ1) is 29.8. The van der Waals surface area contributed by atoms with Crippen LogP contribution in [0.15, 0.2) is 150 Å². The van der Waals surface area contributed by atoms with Gasteiger partial charge in [-0.25, -0.2) is 0 Å². The summed E-state index contributed by atoms with van der Waals surface area (Å²) in [5.41, 5.74) is 12.2. The Balaban J connectivity index is 0.000000159. The summed E-state index contributed by atoms with van der Waals surface area (Å²) in [4.78, 5) is 9.56. The zero-order chi connectivity index (χ0) is 42.8. The van der Waals surface area contributed by atoms with Crippen LogP contribution < -0.4 is 0 Å². The van der Waals surface area contributed by atoms with Crippen LogP contribution in [0.2, 0.25) is 0 Å². The molecule has 3 aromatic heterocycles. The fourth-order valence-corrected chi connectivity index (χ4v) is 9.31. The molecule has 0 saturated heterocycles. The number of aromatic nitrogens is 3. The number of fused-ring (bicyclic) bond motifs is 6. The molecule has 5 heteroatoms. The quantitative estimate of drug-likeness (QED) is 0.150. The van der Waals surface area contributed by atoms with E-state index in [2.05, 4.69) is 64.1 Å². The van der Waals surface area contributed by atoms with E-state index >= 15 is 0 Å². The van der Waals surface area contributed by atoms with Gasteiger partial charge in [0.25, 0.3) is 0 Å². The molecule has 3 fully saturated rings. The van der Waals surface area contributed by atoms with Crippen molar-refractivity contribution in [1.82, 2.24) is 14.5 Å². The fourth-order valence-electron chi connectivity index (χ4n) is 9.31. The molecule has 0 N–H and O–H groups in total. The number of pyridine rings is 1. The Morgan fingerprint density at radius 2 is 1.42 bits per heavy atom. The predicted octanol–water partition coefficient (Wildman–Crippen LogP) is 14.8. The smallest absolute Gasteiger partial charge is 0.120 e. The first-order valence-corrected chi connectivity index (χ1v) is 20.8. The average Bonchev–Trinajstić information content (AvgIpc) is 3.85. The minimum absolute atomic E-state index is 0. The van der Waals surface area contributed by atoms with Gasteiger partial charge < -0.3 is 14.0 Å². The number of hydrogen-bond acceptors (Lipinski definition) is 3. The van der Waals surface area contributed by atoms with Crippen molar-refractivity contribution in [1.29, 1.82) is 0 Å². The maximum Gasteiger partial charge on any atom is 0.120 e. The Labute approximate surface area is 371 Å². The Morgan fingerprint density at radius 3 is 2.15 bits per heavy atom. The van der Waals surface area contributed by atoms with Crippen LogP contribution in [0.25, 0.3) is 72.4 Å². The molecule has 0 aliphatic heterocycles. The summed E-state index contributed by atoms with van der Waals surface area (Å²) in [5.74, 6) is 0.231. The molecule has 3 aliphatic rings. The Kier molecular flexibility index (Phi) is 10.2. The van der Waals surface area contributed by atoms with Crippen LogP contribution in [0.4, 0.5) is 0 Å². The number of nitrogens with zero attached hydrogens (tertiary/aromatic N) is 3. The van der Waals surface area contributed by atoms with Crippen molar-refractivity contribution >= 4 is 33.0 Å². The molecule has 1 radical (unpaired) electrons. The van der Waals surface area contributed by atoms with Gasteiger partial charge >= 0.3 is 0 Å². The molecule has 3 saturated carbocycles. The first-order valence-electron chi connectivity index (χ1n) is 22.3. The number of para-hydroxylation sites is 4. The molecule has 4 nitrogen and oxygen atoms in total. The molecule has 3 aliphatic carbocycles. The Hall–Kier alpha value is -5.61. The van der Waals surface area contributed by atoms with E-state index in [0.717, 1.165) is 114 Å². The van der Waals surface area contributed by atoms with Gasteiger partial charge in [0.1, 0.15) is 5.58 Å². The molecule has 12 rings (SSSR count). The number of imidazole rings is 1. The largest absolute Gasteiger partial charge is 0.501 e. The van der Waals surface area contributed by atoms with Gasteiger partial charge in [-0.05, 0) is 113 Å². The van der Waals surface area contributed by atoms with Gasteiger partial charge in [-0.1, -0.05) is 118 Å². The third-order valence-electron chi connectivity index (χ3n) is 12.2. The second kappa shape index (κ2) is 16.8. The number of rotatable bonds is 7. The molecule has 60 heavy (non-hydrogen) atoms. The minimum atomic E-state index is -0.834. The number of benzene rings is 6. The first kappa shape index (κ1) is 36.3. The van der Waals surface area contributed by atoms with Crippen molar-refractivity contribution in [3.8, 4) is 39.5 Å². The molecule has 2 bridgehead atoms. The van der Waals surface area contributed by atoms with Crippen LogP contribution in [-0.4, -0.2) is 14.5 Å². The molecule has 301 valence electrons. The Bertz CT molecular complexity index is 3040. The van der Waals surface area contributed by atoms with Crippen molar-refractivity contribution < 1.29 is 28.6 Å².